The van der Waals surface area contributed by atoms with E-state index in [1.165, 1.54) is 12.1 Å². The lowest BCUT2D eigenvalue weighted by Crippen LogP contribution is -2.26. The maximum atomic E-state index is 13.4. The molecule has 0 amide bonds. The van der Waals surface area contributed by atoms with E-state index >= 15 is 0 Å². The number of rotatable bonds is 4. The molecule has 0 spiro atoms. The van der Waals surface area contributed by atoms with Gasteiger partial charge in [0.15, 0.2) is 0 Å². The lowest BCUT2D eigenvalue weighted by molar-refractivity contribution is 0.477. The first-order chi connectivity index (χ1) is 15.9. The maximum Gasteiger partial charge on any atom is 0.275 e. The molecule has 0 unspecified atom stereocenters. The minimum Gasteiger partial charge on any atom is -0.507 e. The second-order valence-electron chi connectivity index (χ2n) is 7.36. The van der Waals surface area contributed by atoms with Gasteiger partial charge in [-0.3, -0.25) is 0 Å². The van der Waals surface area contributed by atoms with Crippen LogP contribution in [-0.4, -0.2) is 13.5 Å². The van der Waals surface area contributed by atoms with Crippen LogP contribution >= 0.6 is 0 Å². The van der Waals surface area contributed by atoms with E-state index < -0.39 is 15.8 Å². The summed E-state index contributed by atoms with van der Waals surface area (Å²) in [7, 11) is -4.10. The first kappa shape index (κ1) is 22.1. The van der Waals surface area contributed by atoms with Gasteiger partial charge in [-0.1, -0.05) is 54.1 Å². The standard InChI is InChI=1S/C27H20FNO3S/c1-20-10-14-23(15-11-20)29(33(31,32)24-16-12-22(28)13-17-24)19-18-21-6-2-3-7-25(21)26-8-4-5-9-27(26)30/h2-17,30H,1H3. The van der Waals surface area contributed by atoms with E-state index in [1.807, 2.05) is 19.1 Å². The highest BCUT2D eigenvalue weighted by Gasteiger charge is 2.24. The van der Waals surface area contributed by atoms with E-state index in [1.54, 1.807) is 60.7 Å². The van der Waals surface area contributed by atoms with Crippen molar-refractivity contribution in [3.8, 4) is 28.8 Å². The van der Waals surface area contributed by atoms with Crippen LogP contribution in [0.25, 0.3) is 11.1 Å². The monoisotopic (exact) mass is 457 g/mol. The van der Waals surface area contributed by atoms with Gasteiger partial charge in [-0.25, -0.2) is 12.8 Å². The van der Waals surface area contributed by atoms with E-state index in [2.05, 4.69) is 12.0 Å². The summed E-state index contributed by atoms with van der Waals surface area (Å²) in [6.07, 6.45) is 0. The number of nitrogens with zero attached hydrogens (tertiary/aromatic N) is 1. The Labute approximate surface area is 192 Å². The van der Waals surface area contributed by atoms with Gasteiger partial charge in [-0.2, -0.15) is 4.31 Å². The molecule has 0 atom stereocenters. The number of sulfonamides is 1. The Morgan fingerprint density at radius 3 is 2.06 bits per heavy atom. The van der Waals surface area contributed by atoms with Crippen molar-refractivity contribution in [1.82, 2.24) is 0 Å². The molecule has 6 heteroatoms. The van der Waals surface area contributed by atoms with Crippen LogP contribution in [0.2, 0.25) is 0 Å². The third-order valence-electron chi connectivity index (χ3n) is 5.03. The maximum absolute atomic E-state index is 13.4. The average Bonchev–Trinajstić information content (AvgIpc) is 2.81. The third kappa shape index (κ3) is 4.74. The lowest BCUT2D eigenvalue weighted by Gasteiger charge is -2.18. The van der Waals surface area contributed by atoms with Crippen LogP contribution in [0.1, 0.15) is 11.1 Å². The van der Waals surface area contributed by atoms with Crippen LogP contribution in [0.15, 0.2) is 102 Å². The van der Waals surface area contributed by atoms with Crippen molar-refractivity contribution in [3.63, 3.8) is 0 Å². The number of anilines is 1. The van der Waals surface area contributed by atoms with E-state index in [4.69, 9.17) is 0 Å². The molecule has 4 rings (SSSR count). The molecule has 4 aromatic rings. The SMILES string of the molecule is Cc1ccc(N(C#Cc2ccccc2-c2ccccc2O)S(=O)(=O)c2ccc(F)cc2)cc1. The van der Waals surface area contributed by atoms with E-state index in [-0.39, 0.29) is 10.6 Å². The molecule has 0 aliphatic rings. The minimum absolute atomic E-state index is 0.0761. The van der Waals surface area contributed by atoms with E-state index in [9.17, 15) is 17.9 Å². The molecule has 0 saturated carbocycles. The zero-order valence-corrected chi connectivity index (χ0v) is 18.6. The van der Waals surface area contributed by atoms with Gasteiger partial charge in [0.1, 0.15) is 11.6 Å². The Hall–Kier alpha value is -4.08. The highest BCUT2D eigenvalue weighted by molar-refractivity contribution is 7.93. The molecule has 4 nitrogen and oxygen atoms in total. The fourth-order valence-electron chi connectivity index (χ4n) is 3.29. The Morgan fingerprint density at radius 1 is 0.788 bits per heavy atom. The molecule has 0 radical (unpaired) electrons. The van der Waals surface area contributed by atoms with Crippen molar-refractivity contribution in [3.05, 3.63) is 114 Å². The average molecular weight is 458 g/mol. The van der Waals surface area contributed by atoms with Crippen LogP contribution in [0, 0.1) is 24.7 Å². The number of phenolic OH excluding ortho intramolecular Hbond substituents is 1. The summed E-state index contributed by atoms with van der Waals surface area (Å²) in [5.41, 5.74) is 3.13. The summed E-state index contributed by atoms with van der Waals surface area (Å²) >= 11 is 0. The van der Waals surface area contributed by atoms with Gasteiger partial charge in [-0.05, 0) is 61.4 Å². The molecule has 0 fully saturated rings. The van der Waals surface area contributed by atoms with Crippen LogP contribution in [0.5, 0.6) is 5.75 Å². The molecule has 0 bridgehead atoms. The smallest absolute Gasteiger partial charge is 0.275 e. The Bertz CT molecular complexity index is 1450. The largest absolute Gasteiger partial charge is 0.507 e. The van der Waals surface area contributed by atoms with Crippen LogP contribution in [-0.2, 0) is 10.0 Å². The number of phenols is 1. The second-order valence-corrected chi connectivity index (χ2v) is 9.15. The minimum atomic E-state index is -4.10. The Balaban J connectivity index is 1.85. The van der Waals surface area contributed by atoms with Gasteiger partial charge in [-0.15, -0.1) is 0 Å². The lowest BCUT2D eigenvalue weighted by atomic mass is 9.99. The van der Waals surface area contributed by atoms with Crippen molar-refractivity contribution in [1.29, 1.82) is 0 Å². The molecular weight excluding hydrogens is 437 g/mol. The number of hydrogen-bond acceptors (Lipinski definition) is 3. The number of benzene rings is 4. The molecule has 1 N–H and O–H groups in total. The van der Waals surface area contributed by atoms with Crippen molar-refractivity contribution in [2.75, 3.05) is 4.31 Å². The van der Waals surface area contributed by atoms with Crippen LogP contribution in [0.3, 0.4) is 0 Å². The van der Waals surface area contributed by atoms with Crippen molar-refractivity contribution in [2.45, 2.75) is 11.8 Å². The number of aryl methyl sites for hydroxylation is 1. The van der Waals surface area contributed by atoms with Gasteiger partial charge in [0.05, 0.1) is 10.6 Å². The molecule has 164 valence electrons. The first-order valence-electron chi connectivity index (χ1n) is 10.1. The number of halogens is 1. The molecule has 0 aliphatic carbocycles. The zero-order valence-electron chi connectivity index (χ0n) is 17.7. The summed E-state index contributed by atoms with van der Waals surface area (Å²) in [5.74, 6) is 2.52. The fourth-order valence-corrected chi connectivity index (χ4v) is 4.55. The highest BCUT2D eigenvalue weighted by Crippen LogP contribution is 2.31. The predicted molar refractivity (Wildman–Crippen MR) is 128 cm³/mol. The summed E-state index contributed by atoms with van der Waals surface area (Å²) in [5, 5.41) is 10.3. The molecular formula is C27H20FNO3S. The molecule has 0 aromatic heterocycles. The summed E-state index contributed by atoms with van der Waals surface area (Å²) in [6, 6.07) is 28.4. The van der Waals surface area contributed by atoms with Crippen molar-refractivity contribution in [2.24, 2.45) is 0 Å². The molecule has 0 saturated heterocycles. The zero-order chi connectivity index (χ0) is 23.4. The Morgan fingerprint density at radius 2 is 1.39 bits per heavy atom. The van der Waals surface area contributed by atoms with E-state index in [0.717, 1.165) is 22.0 Å². The summed E-state index contributed by atoms with van der Waals surface area (Å²) in [4.78, 5) is -0.0761. The van der Waals surface area contributed by atoms with Gasteiger partial charge in [0.25, 0.3) is 10.0 Å². The number of hydrogen-bond donors (Lipinski definition) is 1. The summed E-state index contributed by atoms with van der Waals surface area (Å²) < 4.78 is 41.2. The number of aromatic hydroxyl groups is 1. The molecule has 33 heavy (non-hydrogen) atoms. The quantitative estimate of drug-likeness (QED) is 0.315. The second kappa shape index (κ2) is 9.19. The van der Waals surface area contributed by atoms with Crippen molar-refractivity contribution < 1.29 is 17.9 Å². The fraction of sp³-hybridized carbons (Fsp3) is 0.0370. The normalized spacial score (nSPS) is 10.8. The topological polar surface area (TPSA) is 57.6 Å². The van der Waals surface area contributed by atoms with Crippen LogP contribution in [0.4, 0.5) is 10.1 Å². The molecule has 4 aromatic carbocycles. The van der Waals surface area contributed by atoms with E-state index in [0.29, 0.717) is 22.4 Å². The molecule has 0 heterocycles. The highest BCUT2D eigenvalue weighted by atomic mass is 32.2. The van der Waals surface area contributed by atoms with Crippen molar-refractivity contribution >= 4 is 15.7 Å². The van der Waals surface area contributed by atoms with Gasteiger partial charge in [0, 0.05) is 22.7 Å². The van der Waals surface area contributed by atoms with Gasteiger partial charge < -0.3 is 5.11 Å². The first-order valence-corrected chi connectivity index (χ1v) is 11.6. The number of para-hydroxylation sites is 1. The van der Waals surface area contributed by atoms with Crippen LogP contribution < -0.4 is 4.31 Å². The predicted octanol–water partition coefficient (Wildman–Crippen LogP) is 5.71. The van der Waals surface area contributed by atoms with Gasteiger partial charge in [0.2, 0.25) is 0 Å². The summed E-state index contributed by atoms with van der Waals surface area (Å²) in [6.45, 7) is 1.90. The third-order valence-corrected chi connectivity index (χ3v) is 6.68. The Kier molecular flexibility index (Phi) is 6.16. The molecule has 0 aliphatic heterocycles. The van der Waals surface area contributed by atoms with Gasteiger partial charge >= 0.3 is 0 Å².